The van der Waals surface area contributed by atoms with Gasteiger partial charge in [0.2, 0.25) is 0 Å². The molecule has 1 aromatic carbocycles. The highest BCUT2D eigenvalue weighted by Crippen LogP contribution is 2.44. The van der Waals surface area contributed by atoms with Crippen molar-refractivity contribution in [3.8, 4) is 17.6 Å². The van der Waals surface area contributed by atoms with Crippen molar-refractivity contribution in [2.45, 2.75) is 31.4 Å². The zero-order chi connectivity index (χ0) is 24.1. The molecule has 1 aliphatic carbocycles. The number of aromatic nitrogens is 4. The predicted octanol–water partition coefficient (Wildman–Crippen LogP) is 3.03. The summed E-state index contributed by atoms with van der Waals surface area (Å²) in [7, 11) is 3.00. The Morgan fingerprint density at radius 3 is 2.74 bits per heavy atom. The van der Waals surface area contributed by atoms with Crippen LogP contribution in [-0.2, 0) is 14.3 Å². The fourth-order valence-electron chi connectivity index (χ4n) is 5.51. The van der Waals surface area contributed by atoms with Crippen LogP contribution < -0.4 is 14.4 Å². The molecule has 0 radical (unpaired) electrons. The van der Waals surface area contributed by atoms with Crippen molar-refractivity contribution in [1.82, 2.24) is 19.7 Å². The molecule has 6 rings (SSSR count). The third-order valence-electron chi connectivity index (χ3n) is 7.22. The third-order valence-corrected chi connectivity index (χ3v) is 7.52. The van der Waals surface area contributed by atoms with E-state index in [1.807, 2.05) is 18.2 Å². The first-order valence-electron chi connectivity index (χ1n) is 11.7. The summed E-state index contributed by atoms with van der Waals surface area (Å²) in [5.41, 5.74) is 0.809. The Morgan fingerprint density at radius 2 is 2.03 bits per heavy atom. The maximum Gasteiger partial charge on any atom is 0.320 e. The van der Waals surface area contributed by atoms with E-state index in [9.17, 15) is 4.79 Å². The van der Waals surface area contributed by atoms with Crippen LogP contribution in [0.1, 0.15) is 19.3 Å². The monoisotopic (exact) mass is 499 g/mol. The van der Waals surface area contributed by atoms with Crippen molar-refractivity contribution in [3.63, 3.8) is 0 Å². The summed E-state index contributed by atoms with van der Waals surface area (Å²) in [6.45, 7) is 1.97. The van der Waals surface area contributed by atoms with E-state index in [1.165, 1.54) is 7.11 Å². The molecule has 10 nitrogen and oxygen atoms in total. The van der Waals surface area contributed by atoms with Gasteiger partial charge in [-0.05, 0) is 24.8 Å². The molecular weight excluding hydrogens is 474 g/mol. The molecule has 11 heteroatoms. The lowest BCUT2D eigenvalue weighted by Gasteiger charge is -2.31. The van der Waals surface area contributed by atoms with E-state index < -0.39 is 0 Å². The fourth-order valence-corrected chi connectivity index (χ4v) is 5.72. The first kappa shape index (κ1) is 22.4. The minimum absolute atomic E-state index is 0.0218. The summed E-state index contributed by atoms with van der Waals surface area (Å²) in [5, 5.41) is 5.96. The maximum atomic E-state index is 12.1. The standard InChI is InChI=1S/C24H26ClN5O5/c1-32-23(31)17-7-15-5-14(17)11-29(15)21-9-22(28-24(27-21)33-2)30-19-8-20(35-16-3-4-34-12-16)18(25)6-13(19)10-26-30/h6,8-10,14-17H,3-5,7,11-12H2,1-2H3/t14?,15?,16-,17?/m1/s1. The maximum absolute atomic E-state index is 12.1. The molecule has 1 saturated carbocycles. The number of hydrogen-bond donors (Lipinski definition) is 0. The van der Waals surface area contributed by atoms with E-state index in [0.717, 1.165) is 42.5 Å². The average Bonchev–Trinajstić information content (AvgIpc) is 3.67. The van der Waals surface area contributed by atoms with Gasteiger partial charge in [-0.3, -0.25) is 4.79 Å². The minimum Gasteiger partial charge on any atom is -0.486 e. The van der Waals surface area contributed by atoms with Crippen LogP contribution in [0.2, 0.25) is 5.02 Å². The van der Waals surface area contributed by atoms with Gasteiger partial charge in [0.15, 0.2) is 5.82 Å². The molecule has 184 valence electrons. The number of carbonyl (C=O) groups is 1. The Kier molecular flexibility index (Phi) is 5.64. The van der Waals surface area contributed by atoms with Crippen molar-refractivity contribution < 1.29 is 23.7 Å². The lowest BCUT2D eigenvalue weighted by atomic mass is 9.95. The number of piperidine rings is 1. The number of rotatable bonds is 6. The molecule has 0 spiro atoms. The van der Waals surface area contributed by atoms with Gasteiger partial charge in [0, 0.05) is 36.5 Å². The van der Waals surface area contributed by atoms with Crippen molar-refractivity contribution >= 4 is 34.3 Å². The first-order chi connectivity index (χ1) is 17.0. The van der Waals surface area contributed by atoms with Crippen molar-refractivity contribution in [2.24, 2.45) is 11.8 Å². The predicted molar refractivity (Wildman–Crippen MR) is 127 cm³/mol. The third kappa shape index (κ3) is 3.94. The number of ether oxygens (including phenoxy) is 4. The smallest absolute Gasteiger partial charge is 0.320 e. The molecule has 3 fully saturated rings. The Balaban J connectivity index is 1.34. The lowest BCUT2D eigenvalue weighted by molar-refractivity contribution is -0.146. The van der Waals surface area contributed by atoms with E-state index in [0.29, 0.717) is 29.8 Å². The van der Waals surface area contributed by atoms with E-state index >= 15 is 0 Å². The van der Waals surface area contributed by atoms with Gasteiger partial charge >= 0.3 is 12.0 Å². The molecule has 3 aromatic rings. The van der Waals surface area contributed by atoms with Gasteiger partial charge in [-0.2, -0.15) is 15.1 Å². The number of esters is 1. The first-order valence-corrected chi connectivity index (χ1v) is 12.1. The number of methoxy groups -OCH3 is 2. The van der Waals surface area contributed by atoms with E-state index in [1.54, 1.807) is 18.0 Å². The van der Waals surface area contributed by atoms with Gasteiger partial charge in [-0.1, -0.05) is 11.6 Å². The SMILES string of the molecule is COC(=O)C1CC2CC1CN2c1cc(-n2ncc3cc(Cl)c(O[C@@H]4CCOC4)cc32)nc(OC)n1. The molecule has 35 heavy (non-hydrogen) atoms. The topological polar surface area (TPSA) is 101 Å². The van der Waals surface area contributed by atoms with Gasteiger partial charge in [0.05, 0.1) is 50.1 Å². The van der Waals surface area contributed by atoms with Crippen LogP contribution in [0.3, 0.4) is 0 Å². The number of carbonyl (C=O) groups excluding carboxylic acids is 1. The molecule has 4 atom stereocenters. The molecule has 4 heterocycles. The molecule has 2 aliphatic heterocycles. The van der Waals surface area contributed by atoms with Crippen LogP contribution in [0.5, 0.6) is 11.8 Å². The number of fused-ring (bicyclic) bond motifs is 3. The number of anilines is 1. The summed E-state index contributed by atoms with van der Waals surface area (Å²) in [5.74, 6) is 1.99. The Morgan fingerprint density at radius 1 is 1.17 bits per heavy atom. The Labute approximate surface area is 207 Å². The minimum atomic E-state index is -0.123. The molecule has 3 unspecified atom stereocenters. The second-order valence-electron chi connectivity index (χ2n) is 9.24. The molecule has 0 N–H and O–H groups in total. The Hall–Kier alpha value is -3.11. The highest BCUT2D eigenvalue weighted by Gasteiger charge is 2.48. The largest absolute Gasteiger partial charge is 0.486 e. The summed E-state index contributed by atoms with van der Waals surface area (Å²) in [4.78, 5) is 23.5. The second-order valence-corrected chi connectivity index (χ2v) is 9.65. The normalized spacial score (nSPS) is 25.4. The van der Waals surface area contributed by atoms with Gasteiger partial charge in [-0.25, -0.2) is 4.68 Å². The zero-order valence-corrected chi connectivity index (χ0v) is 20.3. The number of benzene rings is 1. The lowest BCUT2D eigenvalue weighted by Crippen LogP contribution is -2.38. The second kappa shape index (κ2) is 8.83. The highest BCUT2D eigenvalue weighted by atomic mass is 35.5. The molecule has 0 amide bonds. The summed E-state index contributed by atoms with van der Waals surface area (Å²) in [6.07, 6.45) is 4.25. The van der Waals surface area contributed by atoms with E-state index in [-0.39, 0.29) is 36.0 Å². The number of nitrogens with zero attached hydrogens (tertiary/aromatic N) is 5. The van der Waals surface area contributed by atoms with Gasteiger partial charge in [0.1, 0.15) is 17.7 Å². The van der Waals surface area contributed by atoms with Crippen molar-refractivity contribution in [1.29, 1.82) is 0 Å². The van der Waals surface area contributed by atoms with E-state index in [2.05, 4.69) is 20.0 Å². The fraction of sp³-hybridized carbons (Fsp3) is 0.500. The molecule has 2 bridgehead atoms. The molecular formula is C24H26ClN5O5. The highest BCUT2D eigenvalue weighted by molar-refractivity contribution is 6.32. The molecule has 2 saturated heterocycles. The average molecular weight is 500 g/mol. The van der Waals surface area contributed by atoms with Gasteiger partial charge in [-0.15, -0.1) is 0 Å². The molecule has 3 aliphatic rings. The molecule has 2 aromatic heterocycles. The van der Waals surface area contributed by atoms with Crippen molar-refractivity contribution in [3.05, 3.63) is 29.4 Å². The van der Waals surface area contributed by atoms with Crippen LogP contribution in [0.15, 0.2) is 24.4 Å². The number of halogens is 1. The van der Waals surface area contributed by atoms with Gasteiger partial charge < -0.3 is 23.8 Å². The van der Waals surface area contributed by atoms with Gasteiger partial charge in [0.25, 0.3) is 0 Å². The van der Waals surface area contributed by atoms with E-state index in [4.69, 9.17) is 30.5 Å². The van der Waals surface area contributed by atoms with Crippen LogP contribution in [-0.4, -0.2) is 71.8 Å². The van der Waals surface area contributed by atoms with Crippen LogP contribution in [0.4, 0.5) is 5.82 Å². The number of hydrogen-bond acceptors (Lipinski definition) is 9. The quantitative estimate of drug-likeness (QED) is 0.473. The summed E-state index contributed by atoms with van der Waals surface area (Å²) < 4.78 is 23.7. The van der Waals surface area contributed by atoms with Crippen molar-refractivity contribution in [2.75, 3.05) is 38.9 Å². The Bertz CT molecular complexity index is 1280. The summed E-state index contributed by atoms with van der Waals surface area (Å²) >= 11 is 6.49. The summed E-state index contributed by atoms with van der Waals surface area (Å²) in [6, 6.07) is 6.11. The van der Waals surface area contributed by atoms with Crippen LogP contribution in [0.25, 0.3) is 16.7 Å². The van der Waals surface area contributed by atoms with Crippen LogP contribution >= 0.6 is 11.6 Å². The van der Waals surface area contributed by atoms with Crippen LogP contribution in [0, 0.1) is 11.8 Å². The zero-order valence-electron chi connectivity index (χ0n) is 19.5.